The predicted molar refractivity (Wildman–Crippen MR) is 432 cm³/mol. The summed E-state index contributed by atoms with van der Waals surface area (Å²) in [7, 11) is 11.6. The third kappa shape index (κ3) is 18.7. The summed E-state index contributed by atoms with van der Waals surface area (Å²) in [6.07, 6.45) is 0. The van der Waals surface area contributed by atoms with Crippen molar-refractivity contribution in [1.82, 2.24) is 0 Å². The van der Waals surface area contributed by atoms with E-state index < -0.39 is 41.1 Å². The number of hydrogen-bond acceptors (Lipinski definition) is 0. The molecular formula is C96H120N6+6. The molecule has 102 heavy (non-hydrogen) atoms. The molecule has 6 aromatic carbocycles. The molecule has 0 unspecified atom stereocenters. The second-order valence-corrected chi connectivity index (χ2v) is 27.5. The van der Waals surface area contributed by atoms with Gasteiger partial charge in [-0.25, -0.2) is 0 Å². The Bertz CT molecular complexity index is 5700. The van der Waals surface area contributed by atoms with Gasteiger partial charge in [-0.1, -0.05) is 95.1 Å². The van der Waals surface area contributed by atoms with Crippen molar-refractivity contribution in [2.45, 2.75) is 166 Å². The summed E-state index contributed by atoms with van der Waals surface area (Å²) in [5.74, 6) is 0. The minimum atomic E-state index is -2.32. The van der Waals surface area contributed by atoms with E-state index in [1.54, 1.807) is 86.2 Å². The first-order valence-electron chi connectivity index (χ1n) is 43.8. The van der Waals surface area contributed by atoms with Crippen LogP contribution in [0.3, 0.4) is 0 Å². The summed E-state index contributed by atoms with van der Waals surface area (Å²) in [4.78, 5) is 0. The number of benzene rings is 6. The summed E-state index contributed by atoms with van der Waals surface area (Å²) in [6, 6.07) is 57.8. The standard InChI is InChI=1S/6C16H20N/c2*1-11-6-9-15(13(3)10-11)16-12(2)7-8-14(4)17(16)5;2*1-11-6-7-12(2)15(10-11)16-13(3)8-9-14(4)17(16)5;2*1-11-7-6-8-15(14(11)4)16-12(2)9-10-13(3)17(16)5/h6*6-10H,1-5H3/q6*+1/i1D3,2D3;;1D3,3D3;;2D3,3D3;. The first-order chi connectivity index (χ1) is 55.3. The van der Waals surface area contributed by atoms with Gasteiger partial charge in [0.1, 0.15) is 42.3 Å². The molecule has 6 heteroatoms. The van der Waals surface area contributed by atoms with Gasteiger partial charge < -0.3 is 0 Å². The van der Waals surface area contributed by atoms with Crippen LogP contribution in [0.1, 0.15) is 159 Å². The molecule has 0 spiro atoms. The van der Waals surface area contributed by atoms with Crippen LogP contribution >= 0.6 is 0 Å². The van der Waals surface area contributed by atoms with Gasteiger partial charge in [-0.2, -0.15) is 27.4 Å². The number of pyridine rings is 6. The maximum Gasteiger partial charge on any atom is 0.215 e. The topological polar surface area (TPSA) is 23.3 Å². The number of aryl methyl sites for hydroxylation is 22. The molecule has 0 aliphatic carbocycles. The summed E-state index contributed by atoms with van der Waals surface area (Å²) < 4.78 is 150. The zero-order chi connectivity index (χ0) is 90.5. The van der Waals surface area contributed by atoms with Crippen LogP contribution in [0.15, 0.2) is 182 Å². The van der Waals surface area contributed by atoms with E-state index in [0.717, 1.165) is 44.8 Å². The molecule has 0 aliphatic heterocycles. The summed E-state index contributed by atoms with van der Waals surface area (Å²) in [5, 5.41) is 0. The lowest BCUT2D eigenvalue weighted by atomic mass is 9.97. The lowest BCUT2D eigenvalue weighted by molar-refractivity contribution is -0.667. The highest BCUT2D eigenvalue weighted by Crippen LogP contribution is 2.31. The summed E-state index contributed by atoms with van der Waals surface area (Å²) >= 11 is 0. The molecular weight excluding hydrogens is 1240 g/mol. The highest BCUT2D eigenvalue weighted by atomic mass is 15.0. The molecule has 0 saturated heterocycles. The van der Waals surface area contributed by atoms with Crippen molar-refractivity contribution in [3.05, 3.63) is 316 Å². The van der Waals surface area contributed by atoms with Gasteiger partial charge in [-0.3, -0.25) is 0 Å². The zero-order valence-electron chi connectivity index (χ0n) is 83.0. The van der Waals surface area contributed by atoms with Gasteiger partial charge in [0.2, 0.25) is 34.2 Å². The first kappa shape index (κ1) is 56.8. The highest BCUT2D eigenvalue weighted by molar-refractivity contribution is 5.70. The fourth-order valence-electron chi connectivity index (χ4n) is 12.8. The average Bonchev–Trinajstić information content (AvgIpc) is 0.757. The second-order valence-electron chi connectivity index (χ2n) is 27.5. The smallest absolute Gasteiger partial charge is 0.198 e. The Balaban J connectivity index is 0.000000199. The molecule has 0 bridgehead atoms. The van der Waals surface area contributed by atoms with Crippen molar-refractivity contribution in [3.63, 3.8) is 0 Å². The first-order valence-corrected chi connectivity index (χ1v) is 34.8. The molecule has 0 amide bonds. The van der Waals surface area contributed by atoms with Crippen molar-refractivity contribution in [3.8, 4) is 67.5 Å². The fourth-order valence-corrected chi connectivity index (χ4v) is 12.8. The SMILES string of the molecule is Cc1ccc(-c2c(C)ccc(C)[n+]2C)c(C)c1.Cc1ccc(C)c(-c2c(C)ccc(C)[n+]2C)c1.Cc1cccc(-c2c(C)ccc(C)[n+]2C)c1C.[2H]C([2H])([2H])c1ccc(-c2c(C([2H])([2H])[2H])ccc(C)[n+]2C)c(C)c1.[2H]C([2H])([2H])c1ccc(C([2H])([2H])[2H])[n+](C)c1-c1cccc(C)c1C.[2H]C([2H])([2H])c1ccc(C)c(-c2c(C([2H])([2H])[2H])ccc(C)[n+]2C)c1. The molecule has 0 radical (unpaired) electrons. The minimum absolute atomic E-state index is 0.112. The van der Waals surface area contributed by atoms with Crippen LogP contribution in [0.25, 0.3) is 67.5 Å². The molecule has 6 nitrogen and oxygen atoms in total. The number of hydrogen-bond donors (Lipinski definition) is 0. The largest absolute Gasteiger partial charge is 0.215 e. The Morgan fingerprint density at radius 3 is 0.833 bits per heavy atom. The van der Waals surface area contributed by atoms with E-state index in [0.29, 0.717) is 22.6 Å². The van der Waals surface area contributed by atoms with Crippen LogP contribution in [-0.4, -0.2) is 0 Å². The van der Waals surface area contributed by atoms with Crippen LogP contribution in [0.4, 0.5) is 0 Å². The van der Waals surface area contributed by atoms with Gasteiger partial charge >= 0.3 is 0 Å². The van der Waals surface area contributed by atoms with E-state index in [9.17, 15) is 0 Å². The van der Waals surface area contributed by atoms with E-state index in [1.807, 2.05) is 64.4 Å². The monoisotopic (exact) mass is 1380 g/mol. The van der Waals surface area contributed by atoms with Crippen molar-refractivity contribution in [2.24, 2.45) is 42.3 Å². The van der Waals surface area contributed by atoms with E-state index in [4.69, 9.17) is 24.7 Å². The molecule has 0 aliphatic rings. The lowest BCUT2D eigenvalue weighted by Gasteiger charge is -2.10. The van der Waals surface area contributed by atoms with Crippen molar-refractivity contribution in [1.29, 1.82) is 0 Å². The van der Waals surface area contributed by atoms with Crippen molar-refractivity contribution < 1.29 is 52.1 Å². The normalized spacial score (nSPS) is 14.0. The molecule has 0 saturated carbocycles. The average molecular weight is 1380 g/mol. The fraction of sp³-hybridized carbons (Fsp3) is 0.312. The molecule has 12 aromatic rings. The summed E-state index contributed by atoms with van der Waals surface area (Å²) in [5.41, 5.74) is 34.1. The quantitative estimate of drug-likeness (QED) is 0.148. The van der Waals surface area contributed by atoms with E-state index in [-0.39, 0.29) is 33.5 Å². The Kier molecular flexibility index (Phi) is 19.3. The zero-order valence-corrected chi connectivity index (χ0v) is 65.0. The molecule has 0 N–H and O–H groups in total. The third-order valence-electron chi connectivity index (χ3n) is 20.0. The molecule has 528 valence electrons. The Labute approximate surface area is 641 Å². The van der Waals surface area contributed by atoms with Gasteiger partial charge in [0, 0.05) is 169 Å². The maximum absolute atomic E-state index is 7.79. The van der Waals surface area contributed by atoms with Crippen LogP contribution in [0.5, 0.6) is 0 Å². The second kappa shape index (κ2) is 34.7. The van der Waals surface area contributed by atoms with E-state index >= 15 is 0 Å². The molecule has 0 fully saturated rings. The van der Waals surface area contributed by atoms with Crippen LogP contribution in [0.2, 0.25) is 0 Å². The number of rotatable bonds is 6. The van der Waals surface area contributed by atoms with E-state index in [1.165, 1.54) is 118 Å². The lowest BCUT2D eigenvalue weighted by Crippen LogP contribution is -2.35. The molecule has 0 atom stereocenters. The maximum atomic E-state index is 7.79. The van der Waals surface area contributed by atoms with Gasteiger partial charge in [-0.15, -0.1) is 0 Å². The van der Waals surface area contributed by atoms with Gasteiger partial charge in [0.25, 0.3) is 0 Å². The van der Waals surface area contributed by atoms with Crippen molar-refractivity contribution in [2.75, 3.05) is 0 Å². The molecule has 6 heterocycles. The third-order valence-corrected chi connectivity index (χ3v) is 20.0. The Hall–Kier alpha value is -9.78. The molecule has 6 aromatic heterocycles. The van der Waals surface area contributed by atoms with Crippen LogP contribution < -0.4 is 27.4 Å². The van der Waals surface area contributed by atoms with E-state index in [2.05, 4.69) is 209 Å². The Morgan fingerprint density at radius 2 is 0.451 bits per heavy atom. The van der Waals surface area contributed by atoms with Gasteiger partial charge in [0.05, 0.1) is 0 Å². The minimum Gasteiger partial charge on any atom is -0.198 e. The van der Waals surface area contributed by atoms with Gasteiger partial charge in [-0.05, 0) is 242 Å². The highest BCUT2D eigenvalue weighted by Gasteiger charge is 2.24. The number of aromatic nitrogens is 6. The predicted octanol–water partition coefficient (Wildman–Crippen LogP) is 20.5. The number of nitrogens with zero attached hydrogens (tertiary/aromatic N) is 6. The van der Waals surface area contributed by atoms with Gasteiger partial charge in [0.15, 0.2) is 34.2 Å². The Morgan fingerprint density at radius 1 is 0.186 bits per heavy atom. The molecule has 12 rings (SSSR count). The van der Waals surface area contributed by atoms with Crippen LogP contribution in [0, 0.1) is 166 Å². The summed E-state index contributed by atoms with van der Waals surface area (Å²) in [6.45, 7) is 23.7. The van der Waals surface area contributed by atoms with Crippen LogP contribution in [-0.2, 0) is 42.3 Å². The van der Waals surface area contributed by atoms with Crippen molar-refractivity contribution >= 4 is 0 Å².